The number of rotatable bonds is 14. The molecule has 0 spiro atoms. The number of benzene rings is 5. The Balaban J connectivity index is 0.878. The highest BCUT2D eigenvalue weighted by Crippen LogP contribution is 2.33. The van der Waals surface area contributed by atoms with Gasteiger partial charge in [-0.3, -0.25) is 9.69 Å². The smallest absolute Gasteiger partial charge is 0.408 e. The first-order valence-corrected chi connectivity index (χ1v) is 19.8. The minimum Gasteiger partial charge on any atom is -0.506 e. The fraction of sp³-hybridized carbons (Fsp3) is 0.277. The Morgan fingerprint density at radius 2 is 1.66 bits per heavy atom. The second kappa shape index (κ2) is 17.6. The zero-order valence-electron chi connectivity index (χ0n) is 32.4. The SMILES string of the molecule is COc1cc(-c2ccc(COc3cccc(C(NC(=O)OC4CN5CCC4CC5)c4ccccc4)c3)cc2)ccc1CNCC(O)c1ccc(O)c2[nH]c(=O)ccc12. The number of methoxy groups -OCH3 is 1. The summed E-state index contributed by atoms with van der Waals surface area (Å²) in [7, 11) is 1.64. The number of nitrogens with one attached hydrogen (secondary N) is 3. The summed E-state index contributed by atoms with van der Waals surface area (Å²) < 4.78 is 18.0. The van der Waals surface area contributed by atoms with Crippen LogP contribution in [-0.2, 0) is 17.9 Å². The Kier molecular flexibility index (Phi) is 11.7. The molecule has 2 bridgehead atoms. The van der Waals surface area contributed by atoms with Gasteiger partial charge in [-0.05, 0) is 95.6 Å². The van der Waals surface area contributed by atoms with E-state index in [1.54, 1.807) is 19.2 Å². The molecule has 6 aromatic rings. The second-order valence-electron chi connectivity index (χ2n) is 15.1. The predicted molar refractivity (Wildman–Crippen MR) is 223 cm³/mol. The fourth-order valence-electron chi connectivity index (χ4n) is 8.16. The molecule has 1 aromatic heterocycles. The van der Waals surface area contributed by atoms with Gasteiger partial charge in [-0.15, -0.1) is 0 Å². The number of phenolic OH excluding ortho intramolecular Hbond substituents is 1. The van der Waals surface area contributed by atoms with Gasteiger partial charge in [0.05, 0.1) is 24.8 Å². The van der Waals surface area contributed by atoms with E-state index < -0.39 is 18.2 Å². The minimum absolute atomic E-state index is 0.0483. The number of phenols is 1. The molecule has 11 nitrogen and oxygen atoms in total. The number of ether oxygens (including phenoxy) is 3. The van der Waals surface area contributed by atoms with Crippen LogP contribution in [0.4, 0.5) is 4.79 Å². The molecule has 3 aliphatic rings. The number of nitrogens with zero attached hydrogens (tertiary/aromatic N) is 1. The lowest BCUT2D eigenvalue weighted by Gasteiger charge is -2.43. The maximum atomic E-state index is 13.3. The minimum atomic E-state index is -0.871. The molecule has 3 atom stereocenters. The highest BCUT2D eigenvalue weighted by atomic mass is 16.6. The first-order chi connectivity index (χ1) is 28.3. The third-order valence-corrected chi connectivity index (χ3v) is 11.3. The summed E-state index contributed by atoms with van der Waals surface area (Å²) in [5.41, 5.74) is 6.40. The molecule has 0 radical (unpaired) electrons. The molecule has 3 saturated heterocycles. The molecule has 3 aliphatic heterocycles. The standard InChI is InChI=1S/C47H48N4O7/c1-56-42-25-34(14-15-36(42)26-48-27-41(53)38-16-18-40(52)46-39(38)17-19-44(54)49-46)31-12-10-30(11-13-31)29-57-37-9-5-8-35(24-37)45(33-6-3-2-4-7-33)50-47(55)58-43-28-51-22-20-32(43)21-23-51/h2-19,24-25,32,41,43,45,48,52-53H,20-23,26-29H2,1H3,(H,49,54)(H,50,55). The van der Waals surface area contributed by atoms with E-state index >= 15 is 0 Å². The molecule has 11 heteroatoms. The van der Waals surface area contributed by atoms with E-state index in [2.05, 4.69) is 32.7 Å². The van der Waals surface area contributed by atoms with Gasteiger partial charge in [0, 0.05) is 36.7 Å². The van der Waals surface area contributed by atoms with Crippen LogP contribution in [0.1, 0.15) is 52.8 Å². The van der Waals surface area contributed by atoms with Gasteiger partial charge in [-0.1, -0.05) is 84.9 Å². The van der Waals surface area contributed by atoms with Crippen molar-refractivity contribution < 1.29 is 29.2 Å². The Morgan fingerprint density at radius 1 is 0.879 bits per heavy atom. The van der Waals surface area contributed by atoms with Gasteiger partial charge in [0.25, 0.3) is 0 Å². The van der Waals surface area contributed by atoms with Crippen molar-refractivity contribution in [3.8, 4) is 28.4 Å². The van der Waals surface area contributed by atoms with Crippen molar-refractivity contribution >= 4 is 17.0 Å². The van der Waals surface area contributed by atoms with E-state index in [1.165, 1.54) is 12.1 Å². The Labute approximate surface area is 337 Å². The molecule has 298 valence electrons. The van der Waals surface area contributed by atoms with Crippen molar-refractivity contribution in [2.24, 2.45) is 5.92 Å². The lowest BCUT2D eigenvalue weighted by Crippen LogP contribution is -2.52. The number of hydrogen-bond acceptors (Lipinski definition) is 9. The first-order valence-electron chi connectivity index (χ1n) is 19.8. The van der Waals surface area contributed by atoms with Gasteiger partial charge >= 0.3 is 6.09 Å². The maximum Gasteiger partial charge on any atom is 0.408 e. The van der Waals surface area contributed by atoms with Gasteiger partial charge in [0.15, 0.2) is 0 Å². The lowest BCUT2D eigenvalue weighted by atomic mass is 9.86. The van der Waals surface area contributed by atoms with Crippen LogP contribution in [0, 0.1) is 5.92 Å². The van der Waals surface area contributed by atoms with Crippen LogP contribution in [0.5, 0.6) is 17.2 Å². The van der Waals surface area contributed by atoms with E-state index in [-0.39, 0.29) is 24.0 Å². The van der Waals surface area contributed by atoms with Crippen molar-refractivity contribution in [3.63, 3.8) is 0 Å². The van der Waals surface area contributed by atoms with Crippen molar-refractivity contribution in [2.45, 2.75) is 44.2 Å². The predicted octanol–water partition coefficient (Wildman–Crippen LogP) is 7.22. The van der Waals surface area contributed by atoms with Crippen LogP contribution in [-0.4, -0.2) is 65.6 Å². The van der Waals surface area contributed by atoms with Gasteiger partial charge in [0.1, 0.15) is 30.0 Å². The van der Waals surface area contributed by atoms with Crippen LogP contribution >= 0.6 is 0 Å². The number of aromatic amines is 1. The number of carbonyl (C=O) groups excluding carboxylic acids is 1. The lowest BCUT2D eigenvalue weighted by molar-refractivity contribution is -0.0336. The topological polar surface area (TPSA) is 145 Å². The van der Waals surface area contributed by atoms with E-state index in [1.807, 2.05) is 84.9 Å². The summed E-state index contributed by atoms with van der Waals surface area (Å²) >= 11 is 0. The number of aromatic hydroxyl groups is 1. The summed E-state index contributed by atoms with van der Waals surface area (Å²) in [6.07, 6.45) is 0.801. The highest BCUT2D eigenvalue weighted by Gasteiger charge is 2.37. The van der Waals surface area contributed by atoms with Gasteiger partial charge < -0.3 is 40.0 Å². The molecular weight excluding hydrogens is 733 g/mol. The highest BCUT2D eigenvalue weighted by molar-refractivity contribution is 5.87. The molecule has 5 aromatic carbocycles. The number of H-pyrrole nitrogens is 1. The molecule has 3 fully saturated rings. The quantitative estimate of drug-likeness (QED) is 0.0774. The van der Waals surface area contributed by atoms with Crippen molar-refractivity contribution in [2.75, 3.05) is 33.3 Å². The molecule has 5 N–H and O–H groups in total. The van der Waals surface area contributed by atoms with Crippen molar-refractivity contribution in [1.29, 1.82) is 0 Å². The number of alkyl carbamates (subject to hydrolysis) is 1. The molecule has 9 rings (SSSR count). The Morgan fingerprint density at radius 3 is 2.41 bits per heavy atom. The maximum absolute atomic E-state index is 13.3. The number of aliphatic hydroxyl groups is 1. The number of carbonyl (C=O) groups is 1. The molecule has 1 amide bonds. The largest absolute Gasteiger partial charge is 0.506 e. The summed E-state index contributed by atoms with van der Waals surface area (Å²) in [5, 5.41) is 28.2. The second-order valence-corrected chi connectivity index (χ2v) is 15.1. The fourth-order valence-corrected chi connectivity index (χ4v) is 8.16. The zero-order chi connectivity index (χ0) is 40.0. The average molecular weight is 781 g/mol. The zero-order valence-corrected chi connectivity index (χ0v) is 32.4. The van der Waals surface area contributed by atoms with Crippen LogP contribution in [0.25, 0.3) is 22.0 Å². The molecular formula is C47H48N4O7. The Bertz CT molecular complexity index is 2410. The number of piperidine rings is 3. The number of hydrogen-bond donors (Lipinski definition) is 5. The van der Waals surface area contributed by atoms with E-state index in [4.69, 9.17) is 14.2 Å². The number of amides is 1. The van der Waals surface area contributed by atoms with Crippen molar-refractivity contribution in [1.82, 2.24) is 20.5 Å². The van der Waals surface area contributed by atoms with E-state index in [0.29, 0.717) is 41.3 Å². The first kappa shape index (κ1) is 38.7. The summed E-state index contributed by atoms with van der Waals surface area (Å²) in [5.74, 6) is 1.80. The van der Waals surface area contributed by atoms with Crippen LogP contribution in [0.15, 0.2) is 126 Å². The number of aliphatic hydroxyl groups excluding tert-OH is 1. The van der Waals surface area contributed by atoms with Crippen LogP contribution in [0.2, 0.25) is 0 Å². The van der Waals surface area contributed by atoms with E-state index in [9.17, 15) is 19.8 Å². The summed E-state index contributed by atoms with van der Waals surface area (Å²) in [4.78, 5) is 30.1. The molecule has 0 saturated carbocycles. The molecule has 3 unspecified atom stereocenters. The summed E-state index contributed by atoms with van der Waals surface area (Å²) in [6, 6.07) is 37.7. The van der Waals surface area contributed by atoms with Gasteiger partial charge in [0.2, 0.25) is 5.56 Å². The molecule has 4 heterocycles. The van der Waals surface area contributed by atoms with Crippen LogP contribution in [0.3, 0.4) is 0 Å². The monoisotopic (exact) mass is 780 g/mol. The van der Waals surface area contributed by atoms with Gasteiger partial charge in [-0.2, -0.15) is 0 Å². The van der Waals surface area contributed by atoms with Gasteiger partial charge in [-0.25, -0.2) is 4.79 Å². The van der Waals surface area contributed by atoms with E-state index in [0.717, 1.165) is 71.6 Å². The molecule has 58 heavy (non-hydrogen) atoms. The van der Waals surface area contributed by atoms with Crippen LogP contribution < -0.4 is 25.7 Å². The summed E-state index contributed by atoms with van der Waals surface area (Å²) in [6.45, 7) is 4.05. The third-order valence-electron chi connectivity index (χ3n) is 11.3. The average Bonchev–Trinajstić information content (AvgIpc) is 3.26. The third kappa shape index (κ3) is 8.87. The molecule has 0 aliphatic carbocycles. The number of fused-ring (bicyclic) bond motifs is 4. The number of aromatic nitrogens is 1. The van der Waals surface area contributed by atoms with Crippen molar-refractivity contribution in [3.05, 3.63) is 159 Å². The Hall–Kier alpha value is -6.14. The number of pyridine rings is 1. The normalized spacial score (nSPS) is 18.3.